The molecular formula is C11H18N4O2. The van der Waals surface area contributed by atoms with Crippen LogP contribution in [-0.4, -0.2) is 28.1 Å². The summed E-state index contributed by atoms with van der Waals surface area (Å²) in [5, 5.41) is 6.50. The lowest BCUT2D eigenvalue weighted by atomic mass is 9.75. The number of carbonyl (C=O) groups is 1. The normalized spacial score (nSPS) is 17.5. The molecule has 0 bridgehead atoms. The highest BCUT2D eigenvalue weighted by Gasteiger charge is 2.34. The quantitative estimate of drug-likeness (QED) is 0.769. The molecule has 0 radical (unpaired) electrons. The number of aromatic nitrogens is 2. The van der Waals surface area contributed by atoms with Gasteiger partial charge in [0.25, 0.3) is 0 Å². The van der Waals surface area contributed by atoms with Gasteiger partial charge in [-0.25, -0.2) is 0 Å². The molecule has 1 aliphatic rings. The molecule has 6 heteroatoms. The van der Waals surface area contributed by atoms with Crippen molar-refractivity contribution in [1.29, 1.82) is 0 Å². The molecule has 1 saturated carbocycles. The molecule has 0 unspecified atom stereocenters. The minimum Gasteiger partial charge on any atom is -0.356 e. The summed E-state index contributed by atoms with van der Waals surface area (Å²) in [5.74, 6) is 1.17. The van der Waals surface area contributed by atoms with E-state index < -0.39 is 0 Å². The van der Waals surface area contributed by atoms with Crippen molar-refractivity contribution >= 4 is 5.91 Å². The zero-order valence-electron chi connectivity index (χ0n) is 10.0. The highest BCUT2D eigenvalue weighted by Crippen LogP contribution is 2.31. The average Bonchev–Trinajstić information content (AvgIpc) is 2.62. The lowest BCUT2D eigenvalue weighted by Crippen LogP contribution is -2.50. The predicted molar refractivity (Wildman–Crippen MR) is 61.1 cm³/mol. The zero-order valence-corrected chi connectivity index (χ0v) is 10.0. The molecule has 1 aromatic heterocycles. The predicted octanol–water partition coefficient (Wildman–Crippen LogP) is 0.308. The Morgan fingerprint density at radius 3 is 2.88 bits per heavy atom. The van der Waals surface area contributed by atoms with Gasteiger partial charge >= 0.3 is 0 Å². The van der Waals surface area contributed by atoms with E-state index in [-0.39, 0.29) is 11.4 Å². The first-order chi connectivity index (χ1) is 8.07. The lowest BCUT2D eigenvalue weighted by Gasteiger charge is -2.37. The largest absolute Gasteiger partial charge is 0.356 e. The third-order valence-electron chi connectivity index (χ3n) is 3.09. The fourth-order valence-electron chi connectivity index (χ4n) is 1.94. The van der Waals surface area contributed by atoms with E-state index in [4.69, 9.17) is 10.3 Å². The van der Waals surface area contributed by atoms with Crippen LogP contribution in [0.2, 0.25) is 0 Å². The van der Waals surface area contributed by atoms with Crippen molar-refractivity contribution in [2.75, 3.05) is 6.54 Å². The van der Waals surface area contributed by atoms with Gasteiger partial charge in [0.1, 0.15) is 0 Å². The van der Waals surface area contributed by atoms with Crippen molar-refractivity contribution in [2.45, 2.75) is 44.6 Å². The number of rotatable bonds is 5. The molecule has 3 N–H and O–H groups in total. The van der Waals surface area contributed by atoms with E-state index in [9.17, 15) is 4.79 Å². The highest BCUT2D eigenvalue weighted by molar-refractivity contribution is 5.77. The molecule has 0 atom stereocenters. The van der Waals surface area contributed by atoms with Gasteiger partial charge < -0.3 is 15.6 Å². The Morgan fingerprint density at radius 1 is 1.59 bits per heavy atom. The average molecular weight is 238 g/mol. The van der Waals surface area contributed by atoms with Crippen LogP contribution < -0.4 is 11.1 Å². The van der Waals surface area contributed by atoms with Crippen LogP contribution in [0.15, 0.2) is 4.52 Å². The molecular weight excluding hydrogens is 220 g/mol. The third-order valence-corrected chi connectivity index (χ3v) is 3.09. The van der Waals surface area contributed by atoms with Crippen LogP contribution >= 0.6 is 0 Å². The Kier molecular flexibility index (Phi) is 3.42. The van der Waals surface area contributed by atoms with Crippen LogP contribution in [0.5, 0.6) is 0 Å². The van der Waals surface area contributed by atoms with E-state index in [0.29, 0.717) is 31.1 Å². The van der Waals surface area contributed by atoms with Crippen molar-refractivity contribution in [2.24, 2.45) is 5.73 Å². The third kappa shape index (κ3) is 3.26. The smallest absolute Gasteiger partial charge is 0.228 e. The molecule has 17 heavy (non-hydrogen) atoms. The Balaban J connectivity index is 1.66. The van der Waals surface area contributed by atoms with E-state index in [1.54, 1.807) is 6.92 Å². The van der Waals surface area contributed by atoms with Crippen LogP contribution in [0, 0.1) is 6.92 Å². The van der Waals surface area contributed by atoms with Crippen molar-refractivity contribution in [1.82, 2.24) is 15.5 Å². The van der Waals surface area contributed by atoms with Crippen LogP contribution in [-0.2, 0) is 11.2 Å². The summed E-state index contributed by atoms with van der Waals surface area (Å²) < 4.78 is 4.94. The van der Waals surface area contributed by atoms with Crippen molar-refractivity contribution < 1.29 is 9.32 Å². The van der Waals surface area contributed by atoms with Gasteiger partial charge in [-0.2, -0.15) is 4.98 Å². The molecule has 1 fully saturated rings. The second-order valence-electron chi connectivity index (χ2n) is 4.73. The SMILES string of the molecule is Cc1noc(CCNC(=O)CC2(N)CCC2)n1. The number of aryl methyl sites for hydroxylation is 1. The molecule has 2 rings (SSSR count). The number of amides is 1. The first-order valence-electron chi connectivity index (χ1n) is 5.92. The molecule has 94 valence electrons. The standard InChI is InChI=1S/C11H18N4O2/c1-8-14-10(17-15-8)3-6-13-9(16)7-11(12)4-2-5-11/h2-7,12H2,1H3,(H,13,16). The number of nitrogens with zero attached hydrogens (tertiary/aromatic N) is 2. The summed E-state index contributed by atoms with van der Waals surface area (Å²) in [7, 11) is 0. The summed E-state index contributed by atoms with van der Waals surface area (Å²) >= 11 is 0. The van der Waals surface area contributed by atoms with E-state index >= 15 is 0 Å². The minimum atomic E-state index is -0.259. The molecule has 1 amide bonds. The molecule has 1 heterocycles. The summed E-state index contributed by atoms with van der Waals surface area (Å²) in [5.41, 5.74) is 5.73. The summed E-state index contributed by atoms with van der Waals surface area (Å²) in [6.07, 6.45) is 4.00. The van der Waals surface area contributed by atoms with Crippen LogP contribution in [0.25, 0.3) is 0 Å². The van der Waals surface area contributed by atoms with Crippen molar-refractivity contribution in [3.63, 3.8) is 0 Å². The number of carbonyl (C=O) groups excluding carboxylic acids is 1. The van der Waals surface area contributed by atoms with E-state index in [1.807, 2.05) is 0 Å². The van der Waals surface area contributed by atoms with Gasteiger partial charge in [0, 0.05) is 24.9 Å². The Hall–Kier alpha value is -1.43. The summed E-state index contributed by atoms with van der Waals surface area (Å²) in [6, 6.07) is 0. The van der Waals surface area contributed by atoms with Crippen LogP contribution in [0.1, 0.15) is 37.4 Å². The van der Waals surface area contributed by atoms with E-state index in [0.717, 1.165) is 19.3 Å². The number of nitrogens with one attached hydrogen (secondary N) is 1. The fourth-order valence-corrected chi connectivity index (χ4v) is 1.94. The Bertz CT molecular complexity index is 398. The Morgan fingerprint density at radius 2 is 2.35 bits per heavy atom. The second kappa shape index (κ2) is 4.83. The van der Waals surface area contributed by atoms with Gasteiger partial charge in [-0.15, -0.1) is 0 Å². The topological polar surface area (TPSA) is 94.0 Å². The second-order valence-corrected chi connectivity index (χ2v) is 4.73. The minimum absolute atomic E-state index is 0.00318. The van der Waals surface area contributed by atoms with E-state index in [1.165, 1.54) is 0 Å². The molecule has 1 aliphatic carbocycles. The maximum atomic E-state index is 11.6. The number of nitrogens with two attached hydrogens (primary N) is 1. The lowest BCUT2D eigenvalue weighted by molar-refractivity contribution is -0.122. The summed E-state index contributed by atoms with van der Waals surface area (Å²) in [6.45, 7) is 2.27. The van der Waals surface area contributed by atoms with Crippen LogP contribution in [0.4, 0.5) is 0 Å². The Labute approximate surface area is 99.9 Å². The first-order valence-corrected chi connectivity index (χ1v) is 5.92. The van der Waals surface area contributed by atoms with E-state index in [2.05, 4.69) is 15.5 Å². The molecule has 0 aromatic carbocycles. The van der Waals surface area contributed by atoms with Gasteiger partial charge in [0.05, 0.1) is 0 Å². The molecule has 0 aliphatic heterocycles. The van der Waals surface area contributed by atoms with Gasteiger partial charge in [-0.05, 0) is 26.2 Å². The van der Waals surface area contributed by atoms with Crippen LogP contribution in [0.3, 0.4) is 0 Å². The molecule has 0 saturated heterocycles. The molecule has 6 nitrogen and oxygen atoms in total. The number of hydrogen-bond acceptors (Lipinski definition) is 5. The highest BCUT2D eigenvalue weighted by atomic mass is 16.5. The zero-order chi connectivity index (χ0) is 12.3. The van der Waals surface area contributed by atoms with Gasteiger partial charge in [0.15, 0.2) is 5.82 Å². The maximum absolute atomic E-state index is 11.6. The monoisotopic (exact) mass is 238 g/mol. The van der Waals surface area contributed by atoms with Gasteiger partial charge in [-0.1, -0.05) is 5.16 Å². The fraction of sp³-hybridized carbons (Fsp3) is 0.727. The molecule has 0 spiro atoms. The first kappa shape index (κ1) is 12.0. The van der Waals surface area contributed by atoms with Gasteiger partial charge in [-0.3, -0.25) is 4.79 Å². The maximum Gasteiger partial charge on any atom is 0.228 e. The van der Waals surface area contributed by atoms with Gasteiger partial charge in [0.2, 0.25) is 11.8 Å². The summed E-state index contributed by atoms with van der Waals surface area (Å²) in [4.78, 5) is 15.6. The van der Waals surface area contributed by atoms with Crippen molar-refractivity contribution in [3.8, 4) is 0 Å². The number of hydrogen-bond donors (Lipinski definition) is 2. The molecule has 1 aromatic rings. The van der Waals surface area contributed by atoms with Crippen molar-refractivity contribution in [3.05, 3.63) is 11.7 Å².